The van der Waals surface area contributed by atoms with E-state index in [1.54, 1.807) is 0 Å². The summed E-state index contributed by atoms with van der Waals surface area (Å²) in [7, 11) is 2.10. The number of nitrogens with two attached hydrogens (primary N) is 1. The highest BCUT2D eigenvalue weighted by molar-refractivity contribution is 7.15. The van der Waals surface area contributed by atoms with Gasteiger partial charge in [-0.05, 0) is 25.9 Å². The van der Waals surface area contributed by atoms with Gasteiger partial charge in [-0.2, -0.15) is 0 Å². The van der Waals surface area contributed by atoms with Crippen LogP contribution in [0.4, 0.5) is 5.13 Å². The van der Waals surface area contributed by atoms with Crippen LogP contribution < -0.4 is 5.73 Å². The molecule has 0 aliphatic heterocycles. The van der Waals surface area contributed by atoms with Crippen molar-refractivity contribution in [3.8, 4) is 0 Å². The van der Waals surface area contributed by atoms with Gasteiger partial charge in [-0.3, -0.25) is 4.90 Å². The van der Waals surface area contributed by atoms with E-state index in [0.29, 0.717) is 5.13 Å². The van der Waals surface area contributed by atoms with Gasteiger partial charge < -0.3 is 5.73 Å². The minimum Gasteiger partial charge on any atom is -0.374 e. The molecule has 80 valence electrons. The van der Waals surface area contributed by atoms with Crippen molar-refractivity contribution in [2.24, 2.45) is 5.92 Å². The van der Waals surface area contributed by atoms with E-state index < -0.39 is 0 Å². The zero-order valence-corrected chi connectivity index (χ0v) is 9.84. The van der Waals surface area contributed by atoms with Crippen molar-refractivity contribution in [3.63, 3.8) is 0 Å². The number of hydrogen-bond donors (Lipinski definition) is 1. The lowest BCUT2D eigenvalue weighted by molar-refractivity contribution is 0.302. The second-order valence-electron chi connectivity index (χ2n) is 3.95. The third-order valence-electron chi connectivity index (χ3n) is 1.98. The van der Waals surface area contributed by atoms with E-state index in [-0.39, 0.29) is 0 Å². The fraction of sp³-hybridized carbons (Fsp3) is 0.778. The van der Waals surface area contributed by atoms with Gasteiger partial charge >= 0.3 is 0 Å². The predicted octanol–water partition coefficient (Wildman–Crippen LogP) is 1.60. The standard InChI is InChI=1S/C9H18N4S/c1-7(2)4-5-13(3)6-8-11-12-9(10)14-8/h7H,4-6H2,1-3H3,(H2,10,12). The van der Waals surface area contributed by atoms with Gasteiger partial charge in [0.15, 0.2) is 0 Å². The first-order valence-electron chi connectivity index (χ1n) is 4.84. The summed E-state index contributed by atoms with van der Waals surface area (Å²) >= 11 is 1.46. The first kappa shape index (κ1) is 11.4. The molecular formula is C9H18N4S. The van der Waals surface area contributed by atoms with Crippen LogP contribution in [0.1, 0.15) is 25.3 Å². The summed E-state index contributed by atoms with van der Waals surface area (Å²) in [5.41, 5.74) is 5.50. The molecule has 4 nitrogen and oxygen atoms in total. The number of hydrogen-bond acceptors (Lipinski definition) is 5. The summed E-state index contributed by atoms with van der Waals surface area (Å²) in [6.45, 7) is 6.41. The Kier molecular flexibility index (Phi) is 4.28. The van der Waals surface area contributed by atoms with Crippen LogP contribution in [0.25, 0.3) is 0 Å². The van der Waals surface area contributed by atoms with Crippen LogP contribution in [0, 0.1) is 5.92 Å². The molecule has 0 radical (unpaired) electrons. The lowest BCUT2D eigenvalue weighted by Gasteiger charge is -2.15. The highest BCUT2D eigenvalue weighted by atomic mass is 32.1. The smallest absolute Gasteiger partial charge is 0.203 e. The van der Waals surface area contributed by atoms with Gasteiger partial charge in [-0.25, -0.2) is 0 Å². The van der Waals surface area contributed by atoms with Crippen molar-refractivity contribution in [1.82, 2.24) is 15.1 Å². The summed E-state index contributed by atoms with van der Waals surface area (Å²) in [6, 6.07) is 0. The van der Waals surface area contributed by atoms with Crippen LogP contribution in [-0.2, 0) is 6.54 Å². The molecule has 1 rings (SSSR count). The Bertz CT molecular complexity index is 272. The van der Waals surface area contributed by atoms with E-state index in [0.717, 1.165) is 24.0 Å². The maximum absolute atomic E-state index is 5.50. The molecule has 2 N–H and O–H groups in total. The molecule has 0 amide bonds. The first-order valence-corrected chi connectivity index (χ1v) is 5.66. The summed E-state index contributed by atoms with van der Waals surface area (Å²) in [5.74, 6) is 0.747. The van der Waals surface area contributed by atoms with Gasteiger partial charge in [-0.1, -0.05) is 25.2 Å². The van der Waals surface area contributed by atoms with E-state index >= 15 is 0 Å². The zero-order chi connectivity index (χ0) is 10.6. The molecule has 0 aliphatic carbocycles. The van der Waals surface area contributed by atoms with Crippen LogP contribution in [0.3, 0.4) is 0 Å². The van der Waals surface area contributed by atoms with E-state index in [1.807, 2.05) is 0 Å². The molecule has 5 heteroatoms. The van der Waals surface area contributed by atoms with Crippen LogP contribution in [-0.4, -0.2) is 28.7 Å². The van der Waals surface area contributed by atoms with Gasteiger partial charge in [0.05, 0.1) is 6.54 Å². The van der Waals surface area contributed by atoms with Crippen LogP contribution in [0.15, 0.2) is 0 Å². The molecule has 1 aromatic rings. The lowest BCUT2D eigenvalue weighted by Crippen LogP contribution is -2.20. The Hall–Kier alpha value is -0.680. The Labute approximate surface area is 89.1 Å². The Morgan fingerprint density at radius 1 is 1.43 bits per heavy atom. The first-order chi connectivity index (χ1) is 6.58. The molecule has 0 aromatic carbocycles. The van der Waals surface area contributed by atoms with E-state index in [9.17, 15) is 0 Å². The molecule has 0 fully saturated rings. The van der Waals surface area contributed by atoms with Crippen LogP contribution in [0.2, 0.25) is 0 Å². The fourth-order valence-electron chi connectivity index (χ4n) is 1.12. The fourth-order valence-corrected chi connectivity index (χ4v) is 1.81. The summed E-state index contributed by atoms with van der Waals surface area (Å²) in [5, 5.41) is 9.32. The van der Waals surface area contributed by atoms with Crippen LogP contribution in [0.5, 0.6) is 0 Å². The van der Waals surface area contributed by atoms with Gasteiger partial charge in [0.25, 0.3) is 0 Å². The van der Waals surface area contributed by atoms with E-state index in [4.69, 9.17) is 5.73 Å². The average Bonchev–Trinajstić information content (AvgIpc) is 2.48. The van der Waals surface area contributed by atoms with Gasteiger partial charge in [-0.15, -0.1) is 10.2 Å². The van der Waals surface area contributed by atoms with Gasteiger partial charge in [0.1, 0.15) is 5.01 Å². The highest BCUT2D eigenvalue weighted by Gasteiger charge is 2.05. The van der Waals surface area contributed by atoms with E-state index in [1.165, 1.54) is 17.8 Å². The van der Waals surface area contributed by atoms with Crippen molar-refractivity contribution in [3.05, 3.63) is 5.01 Å². The maximum Gasteiger partial charge on any atom is 0.203 e. The molecule has 1 heterocycles. The second-order valence-corrected chi connectivity index (χ2v) is 5.05. The SMILES string of the molecule is CC(C)CCN(C)Cc1nnc(N)s1. The topological polar surface area (TPSA) is 55.0 Å². The molecule has 0 unspecified atom stereocenters. The van der Waals surface area contributed by atoms with Gasteiger partial charge in [0, 0.05) is 0 Å². The predicted molar refractivity (Wildman–Crippen MR) is 60.1 cm³/mol. The molecule has 0 saturated carbocycles. The average molecular weight is 214 g/mol. The minimum absolute atomic E-state index is 0.553. The molecule has 14 heavy (non-hydrogen) atoms. The number of anilines is 1. The Morgan fingerprint density at radius 3 is 2.64 bits per heavy atom. The highest BCUT2D eigenvalue weighted by Crippen LogP contribution is 2.13. The Morgan fingerprint density at radius 2 is 2.14 bits per heavy atom. The largest absolute Gasteiger partial charge is 0.374 e. The van der Waals surface area contributed by atoms with Crippen molar-refractivity contribution in [2.75, 3.05) is 19.3 Å². The lowest BCUT2D eigenvalue weighted by atomic mass is 10.1. The third-order valence-corrected chi connectivity index (χ3v) is 2.71. The monoisotopic (exact) mass is 214 g/mol. The second kappa shape index (κ2) is 5.26. The van der Waals surface area contributed by atoms with Crippen LogP contribution >= 0.6 is 11.3 Å². The quantitative estimate of drug-likeness (QED) is 0.809. The molecule has 0 aliphatic rings. The zero-order valence-electron chi connectivity index (χ0n) is 9.03. The van der Waals surface area contributed by atoms with Gasteiger partial charge in [0.2, 0.25) is 5.13 Å². The third kappa shape index (κ3) is 4.02. The molecule has 0 spiro atoms. The minimum atomic E-state index is 0.553. The maximum atomic E-state index is 5.50. The van der Waals surface area contributed by atoms with E-state index in [2.05, 4.69) is 36.0 Å². The molecule has 0 bridgehead atoms. The molecule has 0 atom stereocenters. The number of rotatable bonds is 5. The number of aromatic nitrogens is 2. The van der Waals surface area contributed by atoms with Crippen molar-refractivity contribution < 1.29 is 0 Å². The van der Waals surface area contributed by atoms with Crippen molar-refractivity contribution in [1.29, 1.82) is 0 Å². The summed E-state index contributed by atoms with van der Waals surface area (Å²) in [6.07, 6.45) is 1.21. The normalized spacial score (nSPS) is 11.5. The molecule has 0 saturated heterocycles. The molecule has 1 aromatic heterocycles. The number of nitrogens with zero attached hydrogens (tertiary/aromatic N) is 3. The number of nitrogen functional groups attached to an aromatic ring is 1. The van der Waals surface area contributed by atoms with Crippen molar-refractivity contribution in [2.45, 2.75) is 26.8 Å². The Balaban J connectivity index is 2.30. The van der Waals surface area contributed by atoms with Crippen molar-refractivity contribution >= 4 is 16.5 Å². The summed E-state index contributed by atoms with van der Waals surface area (Å²) < 4.78 is 0. The molecular weight excluding hydrogens is 196 g/mol. The summed E-state index contributed by atoms with van der Waals surface area (Å²) in [4.78, 5) is 2.25.